The number of nitrogens with zero attached hydrogens (tertiary/aromatic N) is 1. The molecule has 0 rings (SSSR count). The van der Waals surface area contributed by atoms with Gasteiger partial charge >= 0.3 is 12.1 Å². The summed E-state index contributed by atoms with van der Waals surface area (Å²) in [6.07, 6.45) is 3.13. The van der Waals surface area contributed by atoms with Crippen molar-refractivity contribution in [2.24, 2.45) is 4.99 Å². The van der Waals surface area contributed by atoms with E-state index >= 15 is 0 Å². The number of aliphatic imine (C=N–C) groups is 1. The SMILES string of the molecule is C=C(C)C(=O)OCCN=C=O.CCCCNC(=O)OCC. The summed E-state index contributed by atoms with van der Waals surface area (Å²) < 4.78 is 9.23. The van der Waals surface area contributed by atoms with Crippen LogP contribution in [0.25, 0.3) is 0 Å². The minimum atomic E-state index is -0.467. The number of amides is 1. The van der Waals surface area contributed by atoms with E-state index in [2.05, 4.69) is 33.3 Å². The smallest absolute Gasteiger partial charge is 0.407 e. The molecule has 0 unspecified atom stereocenters. The molecule has 0 aromatic rings. The molecular formula is C14H24N2O5. The van der Waals surface area contributed by atoms with Crippen molar-refractivity contribution in [3.05, 3.63) is 12.2 Å². The van der Waals surface area contributed by atoms with Crippen molar-refractivity contribution in [1.29, 1.82) is 0 Å². The number of esters is 1. The fourth-order valence-corrected chi connectivity index (χ4v) is 0.902. The fourth-order valence-electron chi connectivity index (χ4n) is 0.902. The quantitative estimate of drug-likeness (QED) is 0.243. The molecule has 0 bridgehead atoms. The van der Waals surface area contributed by atoms with Gasteiger partial charge in [0.25, 0.3) is 0 Å². The van der Waals surface area contributed by atoms with Crippen molar-refractivity contribution >= 4 is 18.1 Å². The summed E-state index contributed by atoms with van der Waals surface area (Å²) in [6.45, 7) is 10.2. The van der Waals surface area contributed by atoms with Gasteiger partial charge in [-0.2, -0.15) is 0 Å². The van der Waals surface area contributed by atoms with Crippen LogP contribution in [0.1, 0.15) is 33.6 Å². The first-order valence-electron chi connectivity index (χ1n) is 6.76. The van der Waals surface area contributed by atoms with Gasteiger partial charge in [-0.3, -0.25) is 0 Å². The molecule has 0 heterocycles. The molecule has 120 valence electrons. The minimum Gasteiger partial charge on any atom is -0.460 e. The normalized spacial score (nSPS) is 8.52. The zero-order chi connectivity index (χ0) is 16.5. The third-order valence-corrected chi connectivity index (χ3v) is 1.92. The third-order valence-electron chi connectivity index (χ3n) is 1.92. The number of isocyanates is 1. The lowest BCUT2D eigenvalue weighted by Gasteiger charge is -2.02. The van der Waals surface area contributed by atoms with Crippen LogP contribution in [0.4, 0.5) is 4.79 Å². The summed E-state index contributed by atoms with van der Waals surface area (Å²) in [6, 6.07) is 0. The predicted molar refractivity (Wildman–Crippen MR) is 78.7 cm³/mol. The van der Waals surface area contributed by atoms with Crippen LogP contribution in [0.5, 0.6) is 0 Å². The molecule has 0 saturated heterocycles. The summed E-state index contributed by atoms with van der Waals surface area (Å²) in [7, 11) is 0. The number of unbranched alkanes of at least 4 members (excludes halogenated alkanes) is 1. The average Bonchev–Trinajstić information content (AvgIpc) is 2.44. The minimum absolute atomic E-state index is 0.0981. The molecule has 0 atom stereocenters. The maximum Gasteiger partial charge on any atom is 0.407 e. The highest BCUT2D eigenvalue weighted by Gasteiger charge is 2.00. The molecule has 7 nitrogen and oxygen atoms in total. The van der Waals surface area contributed by atoms with Gasteiger partial charge in [0, 0.05) is 12.1 Å². The van der Waals surface area contributed by atoms with Crippen molar-refractivity contribution < 1.29 is 23.9 Å². The monoisotopic (exact) mass is 300 g/mol. The van der Waals surface area contributed by atoms with Crippen molar-refractivity contribution in [1.82, 2.24) is 5.32 Å². The van der Waals surface area contributed by atoms with Crippen LogP contribution in [0, 0.1) is 0 Å². The second kappa shape index (κ2) is 15.9. The molecule has 0 aliphatic heterocycles. The number of rotatable bonds is 8. The van der Waals surface area contributed by atoms with Crippen LogP contribution in [-0.2, 0) is 19.1 Å². The van der Waals surface area contributed by atoms with Gasteiger partial charge in [-0.15, -0.1) is 0 Å². The van der Waals surface area contributed by atoms with Crippen LogP contribution in [0.2, 0.25) is 0 Å². The lowest BCUT2D eigenvalue weighted by atomic mass is 10.3. The zero-order valence-electron chi connectivity index (χ0n) is 12.9. The summed E-state index contributed by atoms with van der Waals surface area (Å²) in [4.78, 5) is 34.0. The first-order chi connectivity index (χ1) is 9.99. The lowest BCUT2D eigenvalue weighted by molar-refractivity contribution is -0.138. The second-order valence-corrected chi connectivity index (χ2v) is 3.89. The third kappa shape index (κ3) is 17.9. The molecule has 0 radical (unpaired) electrons. The van der Waals surface area contributed by atoms with E-state index < -0.39 is 5.97 Å². The van der Waals surface area contributed by atoms with Gasteiger partial charge in [-0.25, -0.2) is 19.4 Å². The highest BCUT2D eigenvalue weighted by Crippen LogP contribution is 1.90. The predicted octanol–water partition coefficient (Wildman–Crippen LogP) is 1.97. The molecule has 0 aromatic carbocycles. The van der Waals surface area contributed by atoms with Gasteiger partial charge in [0.2, 0.25) is 6.08 Å². The van der Waals surface area contributed by atoms with Crippen LogP contribution in [0.15, 0.2) is 17.1 Å². The molecule has 0 aromatic heterocycles. The first-order valence-corrected chi connectivity index (χ1v) is 6.76. The molecule has 21 heavy (non-hydrogen) atoms. The molecule has 0 fully saturated rings. The Hall–Kier alpha value is -2.14. The first kappa shape index (κ1) is 21.2. The van der Waals surface area contributed by atoms with E-state index in [1.807, 2.05) is 0 Å². The molecule has 0 aliphatic rings. The van der Waals surface area contributed by atoms with E-state index in [-0.39, 0.29) is 19.2 Å². The molecule has 0 aliphatic carbocycles. The average molecular weight is 300 g/mol. The summed E-state index contributed by atoms with van der Waals surface area (Å²) >= 11 is 0. The Labute approximate surface area is 125 Å². The Morgan fingerprint density at radius 2 is 1.95 bits per heavy atom. The Morgan fingerprint density at radius 1 is 1.29 bits per heavy atom. The highest BCUT2D eigenvalue weighted by molar-refractivity contribution is 5.86. The maximum atomic E-state index is 10.6. The number of carbonyl (C=O) groups excluding carboxylic acids is 3. The molecule has 1 amide bonds. The number of nitrogens with one attached hydrogen (secondary N) is 1. The summed E-state index contributed by atoms with van der Waals surface area (Å²) in [5.41, 5.74) is 0.333. The maximum absolute atomic E-state index is 10.6. The molecule has 7 heteroatoms. The summed E-state index contributed by atoms with van der Waals surface area (Å²) in [5.74, 6) is -0.467. The Morgan fingerprint density at radius 3 is 2.43 bits per heavy atom. The van der Waals surface area contributed by atoms with Crippen LogP contribution >= 0.6 is 0 Å². The van der Waals surface area contributed by atoms with Gasteiger partial charge < -0.3 is 14.8 Å². The van der Waals surface area contributed by atoms with Crippen molar-refractivity contribution in [3.63, 3.8) is 0 Å². The van der Waals surface area contributed by atoms with Gasteiger partial charge in [-0.05, 0) is 20.3 Å². The summed E-state index contributed by atoms with van der Waals surface area (Å²) in [5, 5.41) is 2.62. The molecular weight excluding hydrogens is 276 g/mol. The standard InChI is InChI=1S/C7H9NO3.C7H15NO2/c1-6(2)7(10)11-4-3-8-5-9;1-3-5-6-8-7(9)10-4-2/h1,3-4H2,2H3;3-6H2,1-2H3,(H,8,9). The van der Waals surface area contributed by atoms with Crippen LogP contribution < -0.4 is 5.32 Å². The lowest BCUT2D eigenvalue weighted by Crippen LogP contribution is -2.24. The topological polar surface area (TPSA) is 94.1 Å². The molecule has 1 N–H and O–H groups in total. The zero-order valence-corrected chi connectivity index (χ0v) is 12.9. The van der Waals surface area contributed by atoms with Gasteiger partial charge in [0.05, 0.1) is 13.2 Å². The van der Waals surface area contributed by atoms with E-state index in [0.29, 0.717) is 12.2 Å². The Balaban J connectivity index is 0. The fraction of sp³-hybridized carbons (Fsp3) is 0.643. The number of carbonyl (C=O) groups is 2. The largest absolute Gasteiger partial charge is 0.460 e. The van der Waals surface area contributed by atoms with E-state index in [1.54, 1.807) is 13.8 Å². The Kier molecular flexibility index (Phi) is 16.0. The van der Waals surface area contributed by atoms with Gasteiger partial charge in [0.15, 0.2) is 0 Å². The molecule has 0 spiro atoms. The number of alkyl carbamates (subject to hydrolysis) is 1. The van der Waals surface area contributed by atoms with E-state index in [0.717, 1.165) is 19.4 Å². The Bertz CT molecular complexity index is 362. The number of hydrogen-bond donors (Lipinski definition) is 1. The van der Waals surface area contributed by atoms with Crippen LogP contribution in [-0.4, -0.2) is 44.4 Å². The van der Waals surface area contributed by atoms with Crippen molar-refractivity contribution in [3.8, 4) is 0 Å². The van der Waals surface area contributed by atoms with E-state index in [9.17, 15) is 14.4 Å². The molecule has 0 saturated carbocycles. The number of ether oxygens (including phenoxy) is 2. The highest BCUT2D eigenvalue weighted by atomic mass is 16.5. The van der Waals surface area contributed by atoms with E-state index in [4.69, 9.17) is 0 Å². The van der Waals surface area contributed by atoms with Gasteiger partial charge in [-0.1, -0.05) is 19.9 Å². The number of hydrogen-bond acceptors (Lipinski definition) is 6. The van der Waals surface area contributed by atoms with Crippen LogP contribution in [0.3, 0.4) is 0 Å². The van der Waals surface area contributed by atoms with Gasteiger partial charge in [0.1, 0.15) is 6.61 Å². The van der Waals surface area contributed by atoms with Crippen molar-refractivity contribution in [2.75, 3.05) is 26.3 Å². The van der Waals surface area contributed by atoms with E-state index in [1.165, 1.54) is 6.08 Å². The van der Waals surface area contributed by atoms with Crippen molar-refractivity contribution in [2.45, 2.75) is 33.6 Å². The second-order valence-electron chi connectivity index (χ2n) is 3.89.